The summed E-state index contributed by atoms with van der Waals surface area (Å²) in [5, 5.41) is 7.87. The molecular weight excluding hydrogens is 220 g/mol. The lowest BCUT2D eigenvalue weighted by atomic mass is 10.1. The van der Waals surface area contributed by atoms with Gasteiger partial charge in [0.15, 0.2) is 0 Å². The Hall–Kier alpha value is -1.20. The summed E-state index contributed by atoms with van der Waals surface area (Å²) in [6.07, 6.45) is 4.82. The first-order chi connectivity index (χ1) is 7.79. The number of likely N-dealkylation sites (N-methyl/N-ethyl adjacent to an activating group) is 1. The van der Waals surface area contributed by atoms with Gasteiger partial charge in [0.1, 0.15) is 0 Å². The van der Waals surface area contributed by atoms with E-state index in [9.17, 15) is 0 Å². The summed E-state index contributed by atoms with van der Waals surface area (Å²) < 4.78 is 1.84. The maximum atomic E-state index is 4.40. The van der Waals surface area contributed by atoms with Gasteiger partial charge in [-0.1, -0.05) is 6.92 Å². The minimum absolute atomic E-state index is 0.326. The lowest BCUT2D eigenvalue weighted by Gasteiger charge is -2.14. The van der Waals surface area contributed by atoms with Crippen molar-refractivity contribution in [3.05, 3.63) is 34.5 Å². The normalized spacial score (nSPS) is 12.9. The second-order valence-electron chi connectivity index (χ2n) is 3.70. The van der Waals surface area contributed by atoms with Gasteiger partial charge in [-0.25, -0.2) is 0 Å². The number of aromatic nitrogens is 3. The molecule has 1 atom stereocenters. The van der Waals surface area contributed by atoms with Crippen molar-refractivity contribution in [3.63, 3.8) is 0 Å². The lowest BCUT2D eigenvalue weighted by molar-refractivity contribution is 0.547. The highest BCUT2D eigenvalue weighted by atomic mass is 32.1. The maximum absolute atomic E-state index is 4.40. The van der Waals surface area contributed by atoms with Crippen molar-refractivity contribution in [1.82, 2.24) is 20.1 Å². The molecule has 2 aromatic rings. The van der Waals surface area contributed by atoms with Crippen LogP contribution in [-0.4, -0.2) is 21.3 Å². The Kier molecular flexibility index (Phi) is 3.69. The molecule has 0 saturated heterocycles. The van der Waals surface area contributed by atoms with E-state index >= 15 is 0 Å². The average molecular weight is 236 g/mol. The molecule has 5 heteroatoms. The molecule has 0 radical (unpaired) electrons. The standard InChI is InChI=1S/C11H16N4S/c1-3-13-10(11-7-12-8-16-11)6-9-4-5-15(2)14-9/h4-5,7-8,10,13H,3,6H2,1-2H3. The van der Waals surface area contributed by atoms with Gasteiger partial charge >= 0.3 is 0 Å². The number of nitrogens with zero attached hydrogens (tertiary/aromatic N) is 3. The average Bonchev–Trinajstić information content (AvgIpc) is 2.88. The van der Waals surface area contributed by atoms with Crippen molar-refractivity contribution in [2.24, 2.45) is 7.05 Å². The van der Waals surface area contributed by atoms with Crippen molar-refractivity contribution >= 4 is 11.3 Å². The number of hydrogen-bond donors (Lipinski definition) is 1. The number of aryl methyl sites for hydroxylation is 1. The van der Waals surface area contributed by atoms with E-state index in [4.69, 9.17) is 0 Å². The number of rotatable bonds is 5. The van der Waals surface area contributed by atoms with Gasteiger partial charge in [-0.2, -0.15) is 5.10 Å². The van der Waals surface area contributed by atoms with Gasteiger partial charge in [0.05, 0.1) is 11.2 Å². The predicted octanol–water partition coefficient (Wildman–Crippen LogP) is 1.77. The molecule has 0 bridgehead atoms. The van der Waals surface area contributed by atoms with E-state index < -0.39 is 0 Å². The minimum atomic E-state index is 0.326. The highest BCUT2D eigenvalue weighted by Crippen LogP contribution is 2.20. The molecule has 16 heavy (non-hydrogen) atoms. The van der Waals surface area contributed by atoms with Gasteiger partial charge in [0.2, 0.25) is 0 Å². The fourth-order valence-electron chi connectivity index (χ4n) is 1.70. The highest BCUT2D eigenvalue weighted by Gasteiger charge is 2.13. The third kappa shape index (κ3) is 2.68. The zero-order chi connectivity index (χ0) is 11.4. The van der Waals surface area contributed by atoms with Crippen LogP contribution in [0.25, 0.3) is 0 Å². The van der Waals surface area contributed by atoms with Gasteiger partial charge in [0.25, 0.3) is 0 Å². The molecule has 0 aliphatic rings. The van der Waals surface area contributed by atoms with Gasteiger partial charge in [-0.15, -0.1) is 11.3 Å². The molecule has 1 unspecified atom stereocenters. The largest absolute Gasteiger partial charge is 0.309 e. The number of thiazole rings is 1. The molecule has 1 N–H and O–H groups in total. The summed E-state index contributed by atoms with van der Waals surface area (Å²) in [7, 11) is 1.94. The third-order valence-corrected chi connectivity index (χ3v) is 3.32. The van der Waals surface area contributed by atoms with Gasteiger partial charge in [-0.3, -0.25) is 9.67 Å². The Morgan fingerprint density at radius 2 is 2.44 bits per heavy atom. The van der Waals surface area contributed by atoms with Crippen LogP contribution in [0.5, 0.6) is 0 Å². The van der Waals surface area contributed by atoms with Gasteiger partial charge < -0.3 is 5.32 Å². The Labute approximate surface area is 99.3 Å². The van der Waals surface area contributed by atoms with E-state index in [0.29, 0.717) is 6.04 Å². The summed E-state index contributed by atoms with van der Waals surface area (Å²) in [4.78, 5) is 5.40. The summed E-state index contributed by atoms with van der Waals surface area (Å²) in [5.74, 6) is 0. The van der Waals surface area contributed by atoms with E-state index in [-0.39, 0.29) is 0 Å². The summed E-state index contributed by atoms with van der Waals surface area (Å²) in [5.41, 5.74) is 2.99. The second kappa shape index (κ2) is 5.23. The predicted molar refractivity (Wildman–Crippen MR) is 65.4 cm³/mol. The first-order valence-corrected chi connectivity index (χ1v) is 6.28. The quantitative estimate of drug-likeness (QED) is 0.860. The molecule has 4 nitrogen and oxygen atoms in total. The molecule has 2 heterocycles. The molecule has 2 rings (SSSR count). The van der Waals surface area contributed by atoms with Crippen LogP contribution in [0.15, 0.2) is 24.0 Å². The molecule has 0 aliphatic carbocycles. The monoisotopic (exact) mass is 236 g/mol. The molecule has 86 valence electrons. The Balaban J connectivity index is 2.09. The van der Waals surface area contributed by atoms with Crippen LogP contribution in [0.1, 0.15) is 23.5 Å². The summed E-state index contributed by atoms with van der Waals surface area (Å²) in [6, 6.07) is 2.39. The molecule has 2 aromatic heterocycles. The zero-order valence-corrected chi connectivity index (χ0v) is 10.4. The minimum Gasteiger partial charge on any atom is -0.309 e. The van der Waals surface area contributed by atoms with Crippen LogP contribution in [-0.2, 0) is 13.5 Å². The molecule has 0 aromatic carbocycles. The van der Waals surface area contributed by atoms with Crippen LogP contribution in [0.4, 0.5) is 0 Å². The summed E-state index contributed by atoms with van der Waals surface area (Å²) in [6.45, 7) is 3.07. The molecule has 0 fully saturated rings. The van der Waals surface area contributed by atoms with E-state index in [2.05, 4.69) is 28.4 Å². The second-order valence-corrected chi connectivity index (χ2v) is 4.62. The fourth-order valence-corrected chi connectivity index (χ4v) is 2.39. The van der Waals surface area contributed by atoms with E-state index in [0.717, 1.165) is 18.7 Å². The summed E-state index contributed by atoms with van der Waals surface area (Å²) >= 11 is 1.69. The first kappa shape index (κ1) is 11.3. The zero-order valence-electron chi connectivity index (χ0n) is 9.55. The fraction of sp³-hybridized carbons (Fsp3) is 0.455. The van der Waals surface area contributed by atoms with Crippen LogP contribution in [0.3, 0.4) is 0 Å². The number of hydrogen-bond acceptors (Lipinski definition) is 4. The smallest absolute Gasteiger partial charge is 0.0794 e. The van der Waals surface area contributed by atoms with Gasteiger partial charge in [-0.05, 0) is 12.6 Å². The molecule has 0 amide bonds. The maximum Gasteiger partial charge on any atom is 0.0794 e. The third-order valence-electron chi connectivity index (χ3n) is 2.43. The van der Waals surface area contributed by atoms with E-state index in [1.54, 1.807) is 11.3 Å². The van der Waals surface area contributed by atoms with Crippen LogP contribution >= 0.6 is 11.3 Å². The SMILES string of the molecule is CCNC(Cc1ccn(C)n1)c1cncs1. The Morgan fingerprint density at radius 3 is 3.00 bits per heavy atom. The van der Waals surface area contributed by atoms with Crippen molar-refractivity contribution in [2.45, 2.75) is 19.4 Å². The van der Waals surface area contributed by atoms with Crippen molar-refractivity contribution in [1.29, 1.82) is 0 Å². The lowest BCUT2D eigenvalue weighted by Crippen LogP contribution is -2.22. The van der Waals surface area contributed by atoms with E-state index in [1.807, 2.05) is 29.6 Å². The Bertz CT molecular complexity index is 421. The van der Waals surface area contributed by atoms with Crippen molar-refractivity contribution in [3.8, 4) is 0 Å². The molecule has 0 aliphatic heterocycles. The van der Waals surface area contributed by atoms with Gasteiger partial charge in [0, 0.05) is 36.8 Å². The van der Waals surface area contributed by atoms with Crippen LogP contribution < -0.4 is 5.32 Å². The topological polar surface area (TPSA) is 42.7 Å². The van der Waals surface area contributed by atoms with Crippen LogP contribution in [0, 0.1) is 0 Å². The molecular formula is C11H16N4S. The molecule has 0 spiro atoms. The Morgan fingerprint density at radius 1 is 1.56 bits per heavy atom. The number of nitrogens with one attached hydrogen (secondary N) is 1. The highest BCUT2D eigenvalue weighted by molar-refractivity contribution is 7.09. The first-order valence-electron chi connectivity index (χ1n) is 5.40. The van der Waals surface area contributed by atoms with Crippen LogP contribution in [0.2, 0.25) is 0 Å². The van der Waals surface area contributed by atoms with E-state index in [1.165, 1.54) is 4.88 Å². The van der Waals surface area contributed by atoms with Crippen molar-refractivity contribution < 1.29 is 0 Å². The molecule has 0 saturated carbocycles. The van der Waals surface area contributed by atoms with Crippen molar-refractivity contribution in [2.75, 3.05) is 6.54 Å².